The summed E-state index contributed by atoms with van der Waals surface area (Å²) >= 11 is 0. The summed E-state index contributed by atoms with van der Waals surface area (Å²) < 4.78 is 27.6. The summed E-state index contributed by atoms with van der Waals surface area (Å²) in [6, 6.07) is 13.8. The maximum Gasteiger partial charge on any atom is 0.222 e. The number of likely N-dealkylation sites (tertiary alicyclic amines) is 1. The topological polar surface area (TPSA) is 45.2 Å². The van der Waals surface area contributed by atoms with Crippen molar-refractivity contribution in [1.82, 2.24) is 9.88 Å². The van der Waals surface area contributed by atoms with Crippen LogP contribution in [0.25, 0.3) is 10.9 Å². The number of halogens is 2. The van der Waals surface area contributed by atoms with Gasteiger partial charge in [-0.25, -0.2) is 8.78 Å². The van der Waals surface area contributed by atoms with Crippen LogP contribution in [0.4, 0.5) is 14.5 Å². The number of hydrogen-bond donors (Lipinski definition) is 1. The van der Waals surface area contributed by atoms with Crippen molar-refractivity contribution in [1.29, 1.82) is 0 Å². The number of rotatable bonds is 5. The van der Waals surface area contributed by atoms with Crippen molar-refractivity contribution >= 4 is 22.5 Å². The molecule has 1 saturated heterocycles. The number of carbonyl (C=O) groups excluding carboxylic acids is 1. The minimum Gasteiger partial charge on any atom is -0.380 e. The first-order chi connectivity index (χ1) is 13.6. The molecule has 6 heteroatoms. The molecule has 1 amide bonds. The minimum absolute atomic E-state index is 0.0394. The van der Waals surface area contributed by atoms with Crippen molar-refractivity contribution in [2.75, 3.05) is 18.4 Å². The van der Waals surface area contributed by atoms with Crippen LogP contribution in [0.5, 0.6) is 0 Å². The number of nitrogens with one attached hydrogen (secondary N) is 1. The van der Waals surface area contributed by atoms with Gasteiger partial charge in [-0.15, -0.1) is 0 Å². The average Bonchev–Trinajstić information content (AvgIpc) is 3.16. The molecule has 0 radical (unpaired) electrons. The van der Waals surface area contributed by atoms with Gasteiger partial charge in [-0.2, -0.15) is 0 Å². The molecule has 1 atom stereocenters. The molecule has 1 N–H and O–H groups in total. The third-order valence-electron chi connectivity index (χ3n) is 5.13. The highest BCUT2D eigenvalue weighted by molar-refractivity contribution is 5.91. The largest absolute Gasteiger partial charge is 0.380 e. The number of hydrogen-bond acceptors (Lipinski definition) is 3. The fourth-order valence-corrected chi connectivity index (χ4v) is 3.68. The lowest BCUT2D eigenvalue weighted by atomic mass is 10.1. The van der Waals surface area contributed by atoms with Gasteiger partial charge in [-0.3, -0.25) is 9.78 Å². The fourth-order valence-electron chi connectivity index (χ4n) is 3.68. The molecule has 1 unspecified atom stereocenters. The molecular formula is C22H21F2N3O. The lowest BCUT2D eigenvalue weighted by molar-refractivity contribution is -0.130. The summed E-state index contributed by atoms with van der Waals surface area (Å²) in [5.74, 6) is -1.18. The molecule has 144 valence electrons. The number of fused-ring (bicyclic) bond motifs is 1. The predicted octanol–water partition coefficient (Wildman–Crippen LogP) is 4.16. The van der Waals surface area contributed by atoms with Gasteiger partial charge >= 0.3 is 0 Å². The van der Waals surface area contributed by atoms with Crippen molar-refractivity contribution in [3.63, 3.8) is 0 Å². The molecule has 4 nitrogen and oxygen atoms in total. The normalized spacial score (nSPS) is 16.5. The lowest BCUT2D eigenvalue weighted by Gasteiger charge is -2.18. The number of pyridine rings is 1. The number of carbonyl (C=O) groups is 1. The standard InChI is InChI=1S/C22H21F2N3O/c23-16-12-18-20(8-10-25-22(18)19(24)13-16)26-17-9-11-27(14-17)21(28)7-6-15-4-2-1-3-5-15/h1-5,8,10,12-13,17H,6-7,9,11,14H2,(H,25,26). The fraction of sp³-hybridized carbons (Fsp3) is 0.273. The van der Waals surface area contributed by atoms with E-state index in [-0.39, 0.29) is 17.5 Å². The summed E-state index contributed by atoms with van der Waals surface area (Å²) in [5.41, 5.74) is 1.92. The zero-order valence-electron chi connectivity index (χ0n) is 15.4. The molecule has 2 aromatic carbocycles. The van der Waals surface area contributed by atoms with Gasteiger partial charge in [0.2, 0.25) is 5.91 Å². The van der Waals surface area contributed by atoms with Gasteiger partial charge in [0.05, 0.1) is 0 Å². The van der Waals surface area contributed by atoms with E-state index in [1.54, 1.807) is 6.07 Å². The summed E-state index contributed by atoms with van der Waals surface area (Å²) in [4.78, 5) is 18.4. The Morgan fingerprint density at radius 3 is 2.82 bits per heavy atom. The van der Waals surface area contributed by atoms with E-state index in [4.69, 9.17) is 0 Å². The van der Waals surface area contributed by atoms with E-state index in [1.165, 1.54) is 12.3 Å². The minimum atomic E-state index is -0.678. The monoisotopic (exact) mass is 381 g/mol. The van der Waals surface area contributed by atoms with Crippen molar-refractivity contribution in [3.05, 3.63) is 71.9 Å². The molecule has 0 bridgehead atoms. The Balaban J connectivity index is 1.40. The van der Waals surface area contributed by atoms with Gasteiger partial charge in [0.1, 0.15) is 11.3 Å². The Morgan fingerprint density at radius 1 is 1.18 bits per heavy atom. The molecule has 2 heterocycles. The molecule has 0 aliphatic carbocycles. The van der Waals surface area contributed by atoms with Crippen LogP contribution in [0.15, 0.2) is 54.7 Å². The van der Waals surface area contributed by atoms with Gasteiger partial charge in [-0.1, -0.05) is 30.3 Å². The molecule has 1 aliphatic heterocycles. The van der Waals surface area contributed by atoms with E-state index in [1.807, 2.05) is 35.2 Å². The summed E-state index contributed by atoms with van der Waals surface area (Å²) in [7, 11) is 0. The van der Waals surface area contributed by atoms with E-state index in [2.05, 4.69) is 10.3 Å². The number of anilines is 1. The predicted molar refractivity (Wildman–Crippen MR) is 105 cm³/mol. The van der Waals surface area contributed by atoms with Crippen LogP contribution in [0, 0.1) is 11.6 Å². The van der Waals surface area contributed by atoms with Gasteiger partial charge in [0.15, 0.2) is 5.82 Å². The van der Waals surface area contributed by atoms with E-state index in [0.29, 0.717) is 30.6 Å². The highest BCUT2D eigenvalue weighted by Gasteiger charge is 2.26. The first kappa shape index (κ1) is 18.3. The van der Waals surface area contributed by atoms with Crippen LogP contribution in [0.3, 0.4) is 0 Å². The molecule has 0 spiro atoms. The van der Waals surface area contributed by atoms with Gasteiger partial charge < -0.3 is 10.2 Å². The second-order valence-corrected chi connectivity index (χ2v) is 7.10. The smallest absolute Gasteiger partial charge is 0.222 e. The zero-order chi connectivity index (χ0) is 19.5. The van der Waals surface area contributed by atoms with E-state index < -0.39 is 11.6 Å². The molecule has 1 aromatic heterocycles. The Bertz CT molecular complexity index is 994. The quantitative estimate of drug-likeness (QED) is 0.722. The maximum absolute atomic E-state index is 14.0. The van der Waals surface area contributed by atoms with Crippen LogP contribution < -0.4 is 5.32 Å². The molecular weight excluding hydrogens is 360 g/mol. The van der Waals surface area contributed by atoms with Crippen molar-refractivity contribution in [2.24, 2.45) is 0 Å². The van der Waals surface area contributed by atoms with Crippen LogP contribution in [0.2, 0.25) is 0 Å². The highest BCUT2D eigenvalue weighted by atomic mass is 19.1. The molecule has 1 fully saturated rings. The first-order valence-corrected chi connectivity index (χ1v) is 9.42. The summed E-state index contributed by atoms with van der Waals surface area (Å²) in [5, 5.41) is 3.74. The molecule has 4 rings (SSSR count). The lowest BCUT2D eigenvalue weighted by Crippen LogP contribution is -2.31. The second-order valence-electron chi connectivity index (χ2n) is 7.10. The Morgan fingerprint density at radius 2 is 2.00 bits per heavy atom. The Hall–Kier alpha value is -3.02. The van der Waals surface area contributed by atoms with Gasteiger partial charge in [0.25, 0.3) is 0 Å². The van der Waals surface area contributed by atoms with Gasteiger partial charge in [0, 0.05) is 48.9 Å². The third kappa shape index (κ3) is 3.96. The Kier molecular flexibility index (Phi) is 5.19. The average molecular weight is 381 g/mol. The van der Waals surface area contributed by atoms with Gasteiger partial charge in [-0.05, 0) is 30.5 Å². The van der Waals surface area contributed by atoms with Crippen molar-refractivity contribution < 1.29 is 13.6 Å². The summed E-state index contributed by atoms with van der Waals surface area (Å²) in [6.07, 6.45) is 3.50. The Labute approximate surface area is 162 Å². The molecule has 3 aromatic rings. The number of aromatic nitrogens is 1. The first-order valence-electron chi connectivity index (χ1n) is 9.42. The number of nitrogens with zero attached hydrogens (tertiary/aromatic N) is 2. The maximum atomic E-state index is 14.0. The van der Waals surface area contributed by atoms with E-state index in [0.717, 1.165) is 24.5 Å². The van der Waals surface area contributed by atoms with Crippen molar-refractivity contribution in [2.45, 2.75) is 25.3 Å². The SMILES string of the molecule is O=C(CCc1ccccc1)N1CCC(Nc2ccnc3c(F)cc(F)cc23)C1. The molecule has 0 saturated carbocycles. The number of aryl methyl sites for hydroxylation is 1. The van der Waals surface area contributed by atoms with E-state index in [9.17, 15) is 13.6 Å². The van der Waals surface area contributed by atoms with Crippen LogP contribution >= 0.6 is 0 Å². The highest BCUT2D eigenvalue weighted by Crippen LogP contribution is 2.27. The molecule has 1 aliphatic rings. The van der Waals surface area contributed by atoms with Crippen molar-refractivity contribution in [3.8, 4) is 0 Å². The third-order valence-corrected chi connectivity index (χ3v) is 5.13. The molecule has 28 heavy (non-hydrogen) atoms. The van der Waals surface area contributed by atoms with E-state index >= 15 is 0 Å². The van der Waals surface area contributed by atoms with Crippen LogP contribution in [-0.4, -0.2) is 34.9 Å². The van der Waals surface area contributed by atoms with Crippen LogP contribution in [0.1, 0.15) is 18.4 Å². The number of amides is 1. The zero-order valence-corrected chi connectivity index (χ0v) is 15.4. The van der Waals surface area contributed by atoms with Crippen LogP contribution in [-0.2, 0) is 11.2 Å². The second kappa shape index (κ2) is 7.92. The summed E-state index contributed by atoms with van der Waals surface area (Å²) in [6.45, 7) is 1.26. The number of benzene rings is 2.